The van der Waals surface area contributed by atoms with Crippen LogP contribution in [-0.4, -0.2) is 12.5 Å². The van der Waals surface area contributed by atoms with Crippen molar-refractivity contribution in [1.29, 1.82) is 0 Å². The van der Waals surface area contributed by atoms with Crippen molar-refractivity contribution in [3.63, 3.8) is 0 Å². The molecule has 1 N–H and O–H groups in total. The third-order valence-corrected chi connectivity index (χ3v) is 4.00. The van der Waals surface area contributed by atoms with Gasteiger partial charge in [0.25, 0.3) is 0 Å². The molecular weight excluding hydrogens is 226 g/mol. The van der Waals surface area contributed by atoms with Crippen molar-refractivity contribution in [3.8, 4) is 5.75 Å². The molecule has 3 nitrogen and oxygen atoms in total. The van der Waals surface area contributed by atoms with E-state index in [0.717, 1.165) is 30.6 Å². The van der Waals surface area contributed by atoms with Crippen molar-refractivity contribution in [1.82, 2.24) is 5.32 Å². The molecule has 1 aromatic carbocycles. The number of amides is 1. The highest BCUT2D eigenvalue weighted by Crippen LogP contribution is 2.32. The zero-order chi connectivity index (χ0) is 12.4. The van der Waals surface area contributed by atoms with Crippen LogP contribution >= 0.6 is 0 Å². The maximum Gasteiger partial charge on any atom is 0.223 e. The van der Waals surface area contributed by atoms with E-state index >= 15 is 0 Å². The molecule has 96 valence electrons. The van der Waals surface area contributed by atoms with E-state index in [2.05, 4.69) is 5.32 Å². The van der Waals surface area contributed by atoms with Crippen LogP contribution in [0.4, 0.5) is 0 Å². The van der Waals surface area contributed by atoms with Crippen LogP contribution in [-0.2, 0) is 4.79 Å². The number of ether oxygens (including phenoxy) is 1. The van der Waals surface area contributed by atoms with Crippen LogP contribution in [0.1, 0.15) is 43.7 Å². The fourth-order valence-electron chi connectivity index (χ4n) is 2.97. The van der Waals surface area contributed by atoms with E-state index in [-0.39, 0.29) is 17.9 Å². The van der Waals surface area contributed by atoms with E-state index in [1.807, 2.05) is 24.3 Å². The quantitative estimate of drug-likeness (QED) is 0.870. The molecule has 1 heterocycles. The van der Waals surface area contributed by atoms with E-state index < -0.39 is 0 Å². The standard InChI is InChI=1S/C15H19NO2/c17-15(11-5-1-2-6-11)16-13-9-10-18-14-8-4-3-7-12(13)14/h3-4,7-8,11,13H,1-2,5-6,9-10H2,(H,16,17)/t13-/m0/s1. The topological polar surface area (TPSA) is 38.3 Å². The molecular formula is C15H19NO2. The summed E-state index contributed by atoms with van der Waals surface area (Å²) in [6.07, 6.45) is 5.37. The second-order valence-electron chi connectivity index (χ2n) is 5.22. The molecule has 0 radical (unpaired) electrons. The van der Waals surface area contributed by atoms with E-state index in [0.29, 0.717) is 6.61 Å². The lowest BCUT2D eigenvalue weighted by molar-refractivity contribution is -0.125. The molecule has 1 aromatic rings. The first-order valence-corrected chi connectivity index (χ1v) is 6.87. The van der Waals surface area contributed by atoms with Crippen LogP contribution in [0.25, 0.3) is 0 Å². The van der Waals surface area contributed by atoms with Crippen LogP contribution in [0.15, 0.2) is 24.3 Å². The van der Waals surface area contributed by atoms with Gasteiger partial charge in [0.05, 0.1) is 12.6 Å². The molecule has 3 rings (SSSR count). The number of para-hydroxylation sites is 1. The van der Waals surface area contributed by atoms with Crippen molar-refractivity contribution in [2.45, 2.75) is 38.1 Å². The normalized spacial score (nSPS) is 23.2. The molecule has 0 spiro atoms. The van der Waals surface area contributed by atoms with Gasteiger partial charge >= 0.3 is 0 Å². The summed E-state index contributed by atoms with van der Waals surface area (Å²) in [4.78, 5) is 12.2. The first-order valence-electron chi connectivity index (χ1n) is 6.87. The number of rotatable bonds is 2. The first-order chi connectivity index (χ1) is 8.84. The summed E-state index contributed by atoms with van der Waals surface area (Å²) in [5.41, 5.74) is 1.12. The number of nitrogens with one attached hydrogen (secondary N) is 1. The van der Waals surface area contributed by atoms with Crippen molar-refractivity contribution >= 4 is 5.91 Å². The minimum Gasteiger partial charge on any atom is -0.493 e. The third kappa shape index (κ3) is 2.22. The first kappa shape index (κ1) is 11.6. The number of benzene rings is 1. The minimum atomic E-state index is 0.128. The number of hydrogen-bond donors (Lipinski definition) is 1. The van der Waals surface area contributed by atoms with Crippen LogP contribution in [0.3, 0.4) is 0 Å². The van der Waals surface area contributed by atoms with Crippen LogP contribution in [0.5, 0.6) is 5.75 Å². The van der Waals surface area contributed by atoms with Crippen molar-refractivity contribution in [3.05, 3.63) is 29.8 Å². The number of carbonyl (C=O) groups excluding carboxylic acids is 1. The average molecular weight is 245 g/mol. The highest BCUT2D eigenvalue weighted by Gasteiger charge is 2.27. The maximum absolute atomic E-state index is 12.2. The Labute approximate surface area is 108 Å². The molecule has 2 aliphatic rings. The molecule has 0 unspecified atom stereocenters. The second-order valence-corrected chi connectivity index (χ2v) is 5.22. The van der Waals surface area contributed by atoms with Crippen LogP contribution < -0.4 is 10.1 Å². The van der Waals surface area contributed by atoms with E-state index in [9.17, 15) is 4.79 Å². The minimum absolute atomic E-state index is 0.128. The van der Waals surface area contributed by atoms with Gasteiger partial charge in [0.15, 0.2) is 0 Å². The molecule has 0 bridgehead atoms. The van der Waals surface area contributed by atoms with Gasteiger partial charge in [-0.05, 0) is 18.9 Å². The molecule has 1 atom stereocenters. The van der Waals surface area contributed by atoms with Gasteiger partial charge in [0, 0.05) is 17.9 Å². The fourth-order valence-corrected chi connectivity index (χ4v) is 2.97. The molecule has 18 heavy (non-hydrogen) atoms. The Morgan fingerprint density at radius 3 is 2.78 bits per heavy atom. The Hall–Kier alpha value is -1.51. The number of hydrogen-bond acceptors (Lipinski definition) is 2. The summed E-state index contributed by atoms with van der Waals surface area (Å²) in [5, 5.41) is 3.20. The Morgan fingerprint density at radius 2 is 1.94 bits per heavy atom. The van der Waals surface area contributed by atoms with Crippen molar-refractivity contribution < 1.29 is 9.53 Å². The largest absolute Gasteiger partial charge is 0.493 e. The Morgan fingerprint density at radius 1 is 1.17 bits per heavy atom. The highest BCUT2D eigenvalue weighted by molar-refractivity contribution is 5.79. The maximum atomic E-state index is 12.2. The lowest BCUT2D eigenvalue weighted by atomic mass is 9.99. The molecule has 0 saturated heterocycles. The third-order valence-electron chi connectivity index (χ3n) is 4.00. The molecule has 1 saturated carbocycles. The van der Waals surface area contributed by atoms with Gasteiger partial charge in [0.1, 0.15) is 5.75 Å². The van der Waals surface area contributed by atoms with E-state index in [4.69, 9.17) is 4.74 Å². The van der Waals surface area contributed by atoms with Gasteiger partial charge in [-0.3, -0.25) is 4.79 Å². The Balaban J connectivity index is 1.72. The molecule has 1 aliphatic heterocycles. The molecule has 0 aromatic heterocycles. The lowest BCUT2D eigenvalue weighted by Gasteiger charge is -2.27. The number of fused-ring (bicyclic) bond motifs is 1. The molecule has 1 aliphatic carbocycles. The van der Waals surface area contributed by atoms with Gasteiger partial charge in [-0.15, -0.1) is 0 Å². The van der Waals surface area contributed by atoms with Gasteiger partial charge < -0.3 is 10.1 Å². The zero-order valence-electron chi connectivity index (χ0n) is 10.5. The summed E-state index contributed by atoms with van der Waals surface area (Å²) >= 11 is 0. The van der Waals surface area contributed by atoms with E-state index in [1.54, 1.807) is 0 Å². The van der Waals surface area contributed by atoms with Gasteiger partial charge in [0.2, 0.25) is 5.91 Å². The zero-order valence-corrected chi connectivity index (χ0v) is 10.5. The smallest absolute Gasteiger partial charge is 0.223 e. The number of carbonyl (C=O) groups is 1. The highest BCUT2D eigenvalue weighted by atomic mass is 16.5. The predicted octanol–water partition coefficient (Wildman–Crippen LogP) is 2.82. The van der Waals surface area contributed by atoms with Crippen molar-refractivity contribution in [2.75, 3.05) is 6.61 Å². The Kier molecular flexibility index (Phi) is 3.22. The molecule has 1 amide bonds. The second kappa shape index (κ2) is 5.01. The molecule has 1 fully saturated rings. The summed E-state index contributed by atoms with van der Waals surface area (Å²) in [6, 6.07) is 8.13. The monoisotopic (exact) mass is 245 g/mol. The van der Waals surface area contributed by atoms with Crippen LogP contribution in [0, 0.1) is 5.92 Å². The van der Waals surface area contributed by atoms with Crippen LogP contribution in [0.2, 0.25) is 0 Å². The average Bonchev–Trinajstić information content (AvgIpc) is 2.93. The van der Waals surface area contributed by atoms with Gasteiger partial charge in [-0.2, -0.15) is 0 Å². The summed E-state index contributed by atoms with van der Waals surface area (Å²) in [5.74, 6) is 1.38. The Bertz CT molecular complexity index is 438. The SMILES string of the molecule is O=C(N[C@H]1CCOc2ccccc21)C1CCCC1. The fraction of sp³-hybridized carbons (Fsp3) is 0.533. The molecule has 3 heteroatoms. The summed E-state index contributed by atoms with van der Waals surface area (Å²) in [6.45, 7) is 0.687. The lowest BCUT2D eigenvalue weighted by Crippen LogP contribution is -2.35. The van der Waals surface area contributed by atoms with Gasteiger partial charge in [-0.1, -0.05) is 31.0 Å². The van der Waals surface area contributed by atoms with Crippen molar-refractivity contribution in [2.24, 2.45) is 5.92 Å². The summed E-state index contributed by atoms with van der Waals surface area (Å²) in [7, 11) is 0. The van der Waals surface area contributed by atoms with E-state index in [1.165, 1.54) is 12.8 Å². The summed E-state index contributed by atoms with van der Waals surface area (Å²) < 4.78 is 5.61. The predicted molar refractivity (Wildman–Crippen MR) is 69.4 cm³/mol. The van der Waals surface area contributed by atoms with Gasteiger partial charge in [-0.25, -0.2) is 0 Å².